The maximum Gasteiger partial charge on any atom is 0.492 e. The second-order valence-corrected chi connectivity index (χ2v) is 11.1. The van der Waals surface area contributed by atoms with Crippen LogP contribution < -0.4 is 0 Å². The largest absolute Gasteiger partial charge is 0.492 e. The van der Waals surface area contributed by atoms with Crippen LogP contribution in [0.4, 0.5) is 5.95 Å². The third-order valence-corrected chi connectivity index (χ3v) is 4.28. The molecule has 1 aromatic heterocycles. The Morgan fingerprint density at radius 1 is 1.53 bits per heavy atom. The minimum Gasteiger partial charge on any atom is -0.390 e. The Bertz CT molecular complexity index is 404. The number of ether oxygens (including phenoxy) is 1. The number of rotatable bonds is 6. The molecule has 0 saturated carbocycles. The first-order valence-electron chi connectivity index (χ1n) is 5.12. The van der Waals surface area contributed by atoms with Gasteiger partial charge in [0.1, 0.15) is 0 Å². The molecule has 0 aromatic carbocycles. The molecule has 1 rings (SSSR count). The molecule has 1 heterocycles. The predicted octanol–water partition coefficient (Wildman–Crippen LogP) is 2.26. The lowest BCUT2D eigenvalue weighted by molar-refractivity contribution is -0.394. The van der Waals surface area contributed by atoms with Crippen molar-refractivity contribution in [1.82, 2.24) is 14.8 Å². The zero-order valence-corrected chi connectivity index (χ0v) is 12.6. The Morgan fingerprint density at radius 3 is 2.65 bits per heavy atom. The predicted molar refractivity (Wildman–Crippen MR) is 68.5 cm³/mol. The lowest BCUT2D eigenvalue weighted by Gasteiger charge is -2.14. The van der Waals surface area contributed by atoms with E-state index in [4.69, 9.17) is 4.74 Å². The van der Waals surface area contributed by atoms with Crippen molar-refractivity contribution < 1.29 is 9.66 Å². The number of aromatic nitrogens is 3. The number of nitrogens with zero attached hydrogens (tertiary/aromatic N) is 4. The average Bonchev–Trinajstić information content (AvgIpc) is 2.54. The van der Waals surface area contributed by atoms with E-state index in [9.17, 15) is 10.1 Å². The van der Waals surface area contributed by atoms with Gasteiger partial charge in [0.2, 0.25) is 0 Å². The highest BCUT2D eigenvalue weighted by Gasteiger charge is 2.19. The fraction of sp³-hybridized carbons (Fsp3) is 0.750. The number of hydrogen-bond donors (Lipinski definition) is 0. The summed E-state index contributed by atoms with van der Waals surface area (Å²) in [6.45, 7) is 7.58. The first-order valence-corrected chi connectivity index (χ1v) is 9.62. The molecular formula is C8H15BrN4O3Si. The van der Waals surface area contributed by atoms with E-state index in [1.807, 2.05) is 0 Å². The molecule has 0 atom stereocenters. The van der Waals surface area contributed by atoms with E-state index in [0.29, 0.717) is 11.3 Å². The SMILES string of the molecule is C[Si](C)(C)CCOCn1nc([N+](=O)[O-])nc1Br. The summed E-state index contributed by atoms with van der Waals surface area (Å²) in [4.78, 5) is 13.4. The smallest absolute Gasteiger partial charge is 0.390 e. The van der Waals surface area contributed by atoms with E-state index in [-0.39, 0.29) is 6.73 Å². The van der Waals surface area contributed by atoms with Crippen LogP contribution in [0.25, 0.3) is 0 Å². The van der Waals surface area contributed by atoms with Gasteiger partial charge < -0.3 is 14.9 Å². The highest BCUT2D eigenvalue weighted by atomic mass is 79.9. The summed E-state index contributed by atoms with van der Waals surface area (Å²) in [5, 5.41) is 14.1. The maximum atomic E-state index is 10.4. The van der Waals surface area contributed by atoms with Crippen LogP contribution in [-0.4, -0.2) is 34.4 Å². The summed E-state index contributed by atoms with van der Waals surface area (Å²) < 4.78 is 7.04. The molecular weight excluding hydrogens is 308 g/mol. The second kappa shape index (κ2) is 5.69. The van der Waals surface area contributed by atoms with Crippen molar-refractivity contribution in [2.24, 2.45) is 0 Å². The van der Waals surface area contributed by atoms with Crippen LogP contribution in [0.1, 0.15) is 0 Å². The Labute approximate surface area is 108 Å². The molecule has 0 aliphatic carbocycles. The first kappa shape index (κ1) is 14.3. The molecule has 0 amide bonds. The van der Waals surface area contributed by atoms with E-state index in [0.717, 1.165) is 6.04 Å². The van der Waals surface area contributed by atoms with Crippen molar-refractivity contribution in [3.8, 4) is 0 Å². The molecule has 96 valence electrons. The maximum absolute atomic E-state index is 10.4. The molecule has 0 N–H and O–H groups in total. The van der Waals surface area contributed by atoms with Gasteiger partial charge in [0, 0.05) is 35.7 Å². The Balaban J connectivity index is 2.44. The molecule has 0 aliphatic rings. The quantitative estimate of drug-likeness (QED) is 0.347. The molecule has 0 bridgehead atoms. The van der Waals surface area contributed by atoms with Crippen molar-refractivity contribution in [1.29, 1.82) is 0 Å². The monoisotopic (exact) mass is 322 g/mol. The third kappa shape index (κ3) is 4.92. The number of hydrogen-bond acceptors (Lipinski definition) is 5. The molecule has 9 heteroatoms. The first-order chi connectivity index (χ1) is 7.79. The van der Waals surface area contributed by atoms with Gasteiger partial charge >= 0.3 is 5.95 Å². The van der Waals surface area contributed by atoms with Crippen molar-refractivity contribution >= 4 is 30.0 Å². The van der Waals surface area contributed by atoms with E-state index < -0.39 is 18.9 Å². The van der Waals surface area contributed by atoms with E-state index in [1.165, 1.54) is 4.68 Å². The van der Waals surface area contributed by atoms with E-state index >= 15 is 0 Å². The normalized spacial score (nSPS) is 11.8. The molecule has 0 saturated heterocycles. The summed E-state index contributed by atoms with van der Waals surface area (Å²) in [5.74, 6) is -0.425. The van der Waals surface area contributed by atoms with Gasteiger partial charge in [-0.15, -0.1) is 4.68 Å². The highest BCUT2D eigenvalue weighted by molar-refractivity contribution is 9.10. The summed E-state index contributed by atoms with van der Waals surface area (Å²) in [6, 6.07) is 1.04. The van der Waals surface area contributed by atoms with Crippen LogP contribution in [-0.2, 0) is 11.5 Å². The van der Waals surface area contributed by atoms with Gasteiger partial charge in [-0.25, -0.2) is 0 Å². The fourth-order valence-corrected chi connectivity index (χ4v) is 2.10. The van der Waals surface area contributed by atoms with Crippen LogP contribution >= 0.6 is 15.9 Å². The van der Waals surface area contributed by atoms with Crippen LogP contribution in [0.5, 0.6) is 0 Å². The molecule has 0 aliphatic heterocycles. The number of halogens is 1. The molecule has 7 nitrogen and oxygen atoms in total. The summed E-state index contributed by atoms with van der Waals surface area (Å²) in [7, 11) is -1.11. The van der Waals surface area contributed by atoms with Crippen molar-refractivity contribution in [2.45, 2.75) is 32.4 Å². The Kier molecular flexibility index (Phi) is 4.77. The van der Waals surface area contributed by atoms with Gasteiger partial charge in [-0.3, -0.25) is 0 Å². The number of nitro groups is 1. The lowest BCUT2D eigenvalue weighted by atomic mass is 10.8. The Hall–Kier alpha value is -0.803. The van der Waals surface area contributed by atoms with Gasteiger partial charge in [-0.1, -0.05) is 19.6 Å². The van der Waals surface area contributed by atoms with Crippen LogP contribution in [0.15, 0.2) is 4.73 Å². The van der Waals surface area contributed by atoms with Crippen LogP contribution in [0.2, 0.25) is 25.7 Å². The minimum atomic E-state index is -1.11. The minimum absolute atomic E-state index is 0.173. The van der Waals surface area contributed by atoms with Crippen LogP contribution in [0.3, 0.4) is 0 Å². The van der Waals surface area contributed by atoms with E-state index in [2.05, 4.69) is 45.7 Å². The molecule has 1 aromatic rings. The fourth-order valence-electron chi connectivity index (χ4n) is 1.00. The van der Waals surface area contributed by atoms with Crippen LogP contribution in [0, 0.1) is 10.1 Å². The van der Waals surface area contributed by atoms with E-state index in [1.54, 1.807) is 0 Å². The summed E-state index contributed by atoms with van der Waals surface area (Å²) in [6.07, 6.45) is 0. The average molecular weight is 323 g/mol. The zero-order chi connectivity index (χ0) is 13.1. The third-order valence-electron chi connectivity index (χ3n) is 1.99. The molecule has 0 radical (unpaired) electrons. The van der Waals surface area contributed by atoms with Gasteiger partial charge in [-0.05, 0) is 16.0 Å². The summed E-state index contributed by atoms with van der Waals surface area (Å²) in [5.41, 5.74) is 0. The Morgan fingerprint density at radius 2 is 2.18 bits per heavy atom. The lowest BCUT2D eigenvalue weighted by Crippen LogP contribution is -2.22. The molecule has 17 heavy (non-hydrogen) atoms. The topological polar surface area (TPSA) is 83.1 Å². The van der Waals surface area contributed by atoms with Gasteiger partial charge in [-0.2, -0.15) is 0 Å². The van der Waals surface area contributed by atoms with Crippen molar-refractivity contribution in [3.05, 3.63) is 14.8 Å². The molecule has 0 unspecified atom stereocenters. The molecule has 0 spiro atoms. The van der Waals surface area contributed by atoms with Gasteiger partial charge in [0.05, 0.1) is 0 Å². The highest BCUT2D eigenvalue weighted by Crippen LogP contribution is 2.12. The van der Waals surface area contributed by atoms with Crippen molar-refractivity contribution in [3.63, 3.8) is 0 Å². The van der Waals surface area contributed by atoms with Gasteiger partial charge in [0.15, 0.2) is 6.73 Å². The second-order valence-electron chi connectivity index (χ2n) is 4.79. The van der Waals surface area contributed by atoms with Crippen molar-refractivity contribution in [2.75, 3.05) is 6.61 Å². The van der Waals surface area contributed by atoms with Gasteiger partial charge in [0.25, 0.3) is 4.73 Å². The summed E-state index contributed by atoms with van der Waals surface area (Å²) >= 11 is 3.09. The molecule has 0 fully saturated rings. The standard InChI is InChI=1S/C8H15BrN4O3Si/c1-17(2,3)5-4-16-6-12-7(9)10-8(11-12)13(14)15/h4-6H2,1-3H3. The zero-order valence-electron chi connectivity index (χ0n) is 10.0.